The van der Waals surface area contributed by atoms with Crippen LogP contribution < -0.4 is 14.8 Å². The van der Waals surface area contributed by atoms with Crippen molar-refractivity contribution in [2.75, 3.05) is 45.7 Å². The number of nitrogens with zero attached hydrogens (tertiary/aromatic N) is 4. The number of nitrogens with one attached hydrogen (secondary N) is 1. The SMILES string of the molecule is C=CCn1c(NC2CCN(CCC(CN(C)C(=O)c3cc(OC)ccc3OC(F)(F)F)c3ccc(F)cc3)CC2)nc2ccccc21. The maximum atomic E-state index is 13.8. The number of methoxy groups -OCH3 is 1. The van der Waals surface area contributed by atoms with Gasteiger partial charge in [-0.1, -0.05) is 30.3 Å². The molecule has 1 amide bonds. The third kappa shape index (κ3) is 8.62. The lowest BCUT2D eigenvalue weighted by molar-refractivity contribution is -0.274. The first-order valence-corrected chi connectivity index (χ1v) is 15.5. The van der Waals surface area contributed by atoms with Crippen molar-refractivity contribution in [1.82, 2.24) is 19.4 Å². The van der Waals surface area contributed by atoms with E-state index in [1.54, 1.807) is 12.1 Å². The number of alkyl halides is 3. The van der Waals surface area contributed by atoms with E-state index in [2.05, 4.69) is 26.1 Å². The number of hydrogen-bond donors (Lipinski definition) is 1. The van der Waals surface area contributed by atoms with Crippen molar-refractivity contribution in [3.63, 3.8) is 0 Å². The fourth-order valence-corrected chi connectivity index (χ4v) is 6.06. The van der Waals surface area contributed by atoms with Gasteiger partial charge in [-0.3, -0.25) is 4.79 Å². The second-order valence-electron chi connectivity index (χ2n) is 11.7. The highest BCUT2D eigenvalue weighted by Gasteiger charge is 2.34. The molecule has 3 aromatic carbocycles. The first-order valence-electron chi connectivity index (χ1n) is 15.5. The second kappa shape index (κ2) is 14.9. The number of carbonyl (C=O) groups is 1. The summed E-state index contributed by atoms with van der Waals surface area (Å²) in [5.41, 5.74) is 2.55. The van der Waals surface area contributed by atoms with Crippen LogP contribution in [0.25, 0.3) is 11.0 Å². The van der Waals surface area contributed by atoms with Crippen molar-refractivity contribution >= 4 is 22.9 Å². The van der Waals surface area contributed by atoms with E-state index in [0.29, 0.717) is 13.0 Å². The largest absolute Gasteiger partial charge is 0.573 e. The lowest BCUT2D eigenvalue weighted by Gasteiger charge is -2.34. The Morgan fingerprint density at radius 1 is 1.13 bits per heavy atom. The molecule has 0 radical (unpaired) electrons. The van der Waals surface area contributed by atoms with Gasteiger partial charge >= 0.3 is 6.36 Å². The van der Waals surface area contributed by atoms with E-state index in [-0.39, 0.29) is 35.6 Å². The van der Waals surface area contributed by atoms with Gasteiger partial charge in [-0.15, -0.1) is 19.8 Å². The minimum atomic E-state index is -4.97. The minimum absolute atomic E-state index is 0.197. The molecule has 2 heterocycles. The molecule has 0 spiro atoms. The van der Waals surface area contributed by atoms with Crippen LogP contribution in [0.4, 0.5) is 23.5 Å². The van der Waals surface area contributed by atoms with Gasteiger partial charge in [-0.25, -0.2) is 9.37 Å². The molecule has 12 heteroatoms. The van der Waals surface area contributed by atoms with Crippen molar-refractivity contribution in [2.24, 2.45) is 0 Å². The number of carbonyl (C=O) groups excluding carboxylic acids is 1. The number of benzene rings is 3. The van der Waals surface area contributed by atoms with Gasteiger partial charge in [0.1, 0.15) is 17.3 Å². The van der Waals surface area contributed by atoms with Gasteiger partial charge in [0.25, 0.3) is 5.91 Å². The van der Waals surface area contributed by atoms with Crippen LogP contribution in [-0.2, 0) is 6.54 Å². The van der Waals surface area contributed by atoms with E-state index in [1.165, 1.54) is 43.3 Å². The van der Waals surface area contributed by atoms with Gasteiger partial charge in [0.15, 0.2) is 0 Å². The van der Waals surface area contributed by atoms with Crippen molar-refractivity contribution in [2.45, 2.75) is 44.1 Å². The second-order valence-corrected chi connectivity index (χ2v) is 11.7. The number of rotatable bonds is 13. The van der Waals surface area contributed by atoms with Crippen molar-refractivity contribution in [3.8, 4) is 11.5 Å². The molecule has 1 unspecified atom stereocenters. The Morgan fingerprint density at radius 3 is 2.53 bits per heavy atom. The number of aromatic nitrogens is 2. The number of likely N-dealkylation sites (N-methyl/N-ethyl adjacent to an activating group) is 1. The summed E-state index contributed by atoms with van der Waals surface area (Å²) >= 11 is 0. The lowest BCUT2D eigenvalue weighted by Crippen LogP contribution is -2.40. The zero-order valence-corrected chi connectivity index (χ0v) is 26.5. The molecule has 250 valence electrons. The average Bonchev–Trinajstić information content (AvgIpc) is 3.40. The summed E-state index contributed by atoms with van der Waals surface area (Å²) in [6, 6.07) is 18.0. The summed E-state index contributed by atoms with van der Waals surface area (Å²) in [4.78, 5) is 22.0. The Bertz CT molecular complexity index is 1670. The molecule has 5 rings (SSSR count). The van der Waals surface area contributed by atoms with Crippen molar-refractivity contribution in [1.29, 1.82) is 0 Å². The molecule has 0 aliphatic carbocycles. The van der Waals surface area contributed by atoms with E-state index >= 15 is 0 Å². The number of ether oxygens (including phenoxy) is 2. The number of halogens is 4. The fourth-order valence-electron chi connectivity index (χ4n) is 6.06. The van der Waals surface area contributed by atoms with Gasteiger partial charge in [0, 0.05) is 45.2 Å². The van der Waals surface area contributed by atoms with Crippen LogP contribution in [0.3, 0.4) is 0 Å². The summed E-state index contributed by atoms with van der Waals surface area (Å²) < 4.78 is 64.6. The summed E-state index contributed by atoms with van der Waals surface area (Å²) in [5, 5.41) is 3.63. The number of piperidine rings is 1. The van der Waals surface area contributed by atoms with Gasteiger partial charge in [0.2, 0.25) is 5.95 Å². The average molecular weight is 654 g/mol. The summed E-state index contributed by atoms with van der Waals surface area (Å²) in [6.07, 6.45) is -0.636. The first-order chi connectivity index (χ1) is 22.5. The zero-order chi connectivity index (χ0) is 33.6. The Morgan fingerprint density at radius 2 is 1.85 bits per heavy atom. The molecule has 0 bridgehead atoms. The molecule has 1 aliphatic rings. The van der Waals surface area contributed by atoms with Gasteiger partial charge in [-0.05, 0) is 73.8 Å². The smallest absolute Gasteiger partial charge is 0.497 e. The standard InChI is InChI=1S/C35H39F4N5O3/c1-4-18-44-31-8-6-5-7-30(31)41-34(44)40-27-16-20-43(21-17-27)19-15-25(24-9-11-26(36)12-10-24)23-42(2)33(45)29-22-28(46-3)13-14-32(29)47-35(37,38)39/h4-14,22,25,27H,1,15-21,23H2,2-3H3,(H,40,41). The number of allylic oxidation sites excluding steroid dienone is 1. The van der Waals surface area contributed by atoms with Crippen molar-refractivity contribution in [3.05, 3.63) is 96.3 Å². The highest BCUT2D eigenvalue weighted by molar-refractivity contribution is 5.97. The molecular weight excluding hydrogens is 614 g/mol. The quantitative estimate of drug-likeness (QED) is 0.123. The monoisotopic (exact) mass is 653 g/mol. The molecule has 1 fully saturated rings. The predicted octanol–water partition coefficient (Wildman–Crippen LogP) is 7.09. The number of fused-ring (bicyclic) bond motifs is 1. The van der Waals surface area contributed by atoms with Crippen LogP contribution in [0.1, 0.15) is 41.1 Å². The van der Waals surface area contributed by atoms with Crippen LogP contribution >= 0.6 is 0 Å². The molecule has 1 aromatic heterocycles. The highest BCUT2D eigenvalue weighted by Crippen LogP contribution is 2.32. The van der Waals surface area contributed by atoms with E-state index in [1.807, 2.05) is 30.3 Å². The number of likely N-dealkylation sites (tertiary alicyclic amines) is 1. The normalized spacial score (nSPS) is 14.9. The van der Waals surface area contributed by atoms with E-state index in [9.17, 15) is 22.4 Å². The van der Waals surface area contributed by atoms with Crippen LogP contribution in [0.15, 0.2) is 79.4 Å². The Labute approximate surface area is 271 Å². The number of anilines is 1. The molecule has 4 aromatic rings. The number of para-hydroxylation sites is 2. The summed E-state index contributed by atoms with van der Waals surface area (Å²) in [7, 11) is 2.90. The molecule has 1 atom stereocenters. The molecule has 8 nitrogen and oxygen atoms in total. The molecule has 47 heavy (non-hydrogen) atoms. The van der Waals surface area contributed by atoms with E-state index < -0.39 is 18.0 Å². The molecular formula is C35H39F4N5O3. The van der Waals surface area contributed by atoms with Gasteiger partial charge < -0.3 is 29.2 Å². The van der Waals surface area contributed by atoms with E-state index in [4.69, 9.17) is 9.72 Å². The zero-order valence-electron chi connectivity index (χ0n) is 26.5. The first kappa shape index (κ1) is 33.8. The van der Waals surface area contributed by atoms with Crippen LogP contribution in [0.2, 0.25) is 0 Å². The number of amides is 1. The third-order valence-corrected chi connectivity index (χ3v) is 8.51. The number of hydrogen-bond acceptors (Lipinski definition) is 6. The fraction of sp³-hybridized carbons (Fsp3) is 0.371. The van der Waals surface area contributed by atoms with Crippen LogP contribution in [-0.4, -0.2) is 78.0 Å². The van der Waals surface area contributed by atoms with Crippen molar-refractivity contribution < 1.29 is 31.8 Å². The van der Waals surface area contributed by atoms with Gasteiger partial charge in [0.05, 0.1) is 23.7 Å². The maximum Gasteiger partial charge on any atom is 0.573 e. The van der Waals surface area contributed by atoms with Crippen LogP contribution in [0, 0.1) is 5.82 Å². The Kier molecular flexibility index (Phi) is 10.7. The van der Waals surface area contributed by atoms with Crippen LogP contribution in [0.5, 0.6) is 11.5 Å². The molecule has 1 saturated heterocycles. The molecule has 1 aliphatic heterocycles. The number of imidazole rings is 1. The Hall–Kier alpha value is -4.58. The lowest BCUT2D eigenvalue weighted by atomic mass is 9.94. The molecule has 0 saturated carbocycles. The third-order valence-electron chi connectivity index (χ3n) is 8.51. The topological polar surface area (TPSA) is 71.9 Å². The van der Waals surface area contributed by atoms with Gasteiger partial charge in [-0.2, -0.15) is 0 Å². The highest BCUT2D eigenvalue weighted by atomic mass is 19.4. The molecule has 1 N–H and O–H groups in total. The predicted molar refractivity (Wildman–Crippen MR) is 173 cm³/mol. The summed E-state index contributed by atoms with van der Waals surface area (Å²) in [6.45, 7) is 7.18. The Balaban J connectivity index is 1.24. The minimum Gasteiger partial charge on any atom is -0.497 e. The van der Waals surface area contributed by atoms with E-state index in [0.717, 1.165) is 61.1 Å². The summed E-state index contributed by atoms with van der Waals surface area (Å²) in [5.74, 6) is -0.777. The maximum absolute atomic E-state index is 13.8.